The van der Waals surface area contributed by atoms with Crippen LogP contribution in [0.4, 0.5) is 0 Å². The van der Waals surface area contributed by atoms with Crippen molar-refractivity contribution in [1.29, 1.82) is 0 Å². The Hall–Kier alpha value is -0.570. The number of unbranched alkanes of at least 4 members (excludes halogenated alkanes) is 1. The van der Waals surface area contributed by atoms with Gasteiger partial charge in [-0.3, -0.25) is 4.79 Å². The summed E-state index contributed by atoms with van der Waals surface area (Å²) in [6.07, 6.45) is 7.48. The number of carbonyl (C=O) groups excluding carboxylic acids is 1. The molecule has 0 unspecified atom stereocenters. The first-order valence-electron chi connectivity index (χ1n) is 5.73. The van der Waals surface area contributed by atoms with Gasteiger partial charge in [-0.05, 0) is 25.7 Å². The number of aliphatic hydroxyl groups is 1. The summed E-state index contributed by atoms with van der Waals surface area (Å²) in [5, 5.41) is 11.5. The summed E-state index contributed by atoms with van der Waals surface area (Å²) in [6, 6.07) is 0. The summed E-state index contributed by atoms with van der Waals surface area (Å²) < 4.78 is 0. The zero-order chi connectivity index (χ0) is 10.2. The maximum absolute atomic E-state index is 11.6. The van der Waals surface area contributed by atoms with E-state index in [0.29, 0.717) is 0 Å². The van der Waals surface area contributed by atoms with Crippen molar-refractivity contribution >= 4 is 5.91 Å². The average molecular weight is 199 g/mol. The fourth-order valence-electron chi connectivity index (χ4n) is 1.96. The molecule has 1 saturated carbocycles. The standard InChI is InChI=1S/C11H21NO2/c13-9-5-4-8-12-11(14)10-6-2-1-3-7-10/h10,13H,1-9H2,(H,12,14). The molecule has 1 amide bonds. The van der Waals surface area contributed by atoms with Crippen LogP contribution in [-0.4, -0.2) is 24.2 Å². The lowest BCUT2D eigenvalue weighted by Gasteiger charge is -2.20. The molecule has 1 aliphatic rings. The van der Waals surface area contributed by atoms with Crippen LogP contribution < -0.4 is 5.32 Å². The highest BCUT2D eigenvalue weighted by Crippen LogP contribution is 2.23. The number of rotatable bonds is 5. The van der Waals surface area contributed by atoms with Gasteiger partial charge in [0.2, 0.25) is 5.91 Å². The minimum atomic E-state index is 0.222. The van der Waals surface area contributed by atoms with Gasteiger partial charge in [0.1, 0.15) is 0 Å². The monoisotopic (exact) mass is 199 g/mol. The predicted molar refractivity (Wildman–Crippen MR) is 55.9 cm³/mol. The predicted octanol–water partition coefficient (Wildman–Crippen LogP) is 1.46. The normalized spacial score (nSPS) is 18.1. The minimum absolute atomic E-state index is 0.222. The Morgan fingerprint density at radius 2 is 1.93 bits per heavy atom. The van der Waals surface area contributed by atoms with Crippen molar-refractivity contribution in [2.24, 2.45) is 5.92 Å². The molecule has 1 rings (SSSR count). The maximum Gasteiger partial charge on any atom is 0.223 e. The van der Waals surface area contributed by atoms with E-state index in [1.54, 1.807) is 0 Å². The van der Waals surface area contributed by atoms with E-state index in [-0.39, 0.29) is 18.4 Å². The second-order valence-electron chi connectivity index (χ2n) is 4.06. The van der Waals surface area contributed by atoms with E-state index in [2.05, 4.69) is 5.32 Å². The molecule has 0 radical (unpaired) electrons. The smallest absolute Gasteiger partial charge is 0.223 e. The van der Waals surface area contributed by atoms with Gasteiger partial charge >= 0.3 is 0 Å². The van der Waals surface area contributed by atoms with Crippen LogP contribution in [0.2, 0.25) is 0 Å². The molecule has 1 aliphatic carbocycles. The third-order valence-corrected chi connectivity index (χ3v) is 2.86. The van der Waals surface area contributed by atoms with Gasteiger partial charge < -0.3 is 10.4 Å². The van der Waals surface area contributed by atoms with Crippen molar-refractivity contribution in [2.75, 3.05) is 13.2 Å². The van der Waals surface area contributed by atoms with E-state index in [9.17, 15) is 4.79 Å². The van der Waals surface area contributed by atoms with E-state index < -0.39 is 0 Å². The molecular weight excluding hydrogens is 178 g/mol. The highest BCUT2D eigenvalue weighted by Gasteiger charge is 2.20. The lowest BCUT2D eigenvalue weighted by Crippen LogP contribution is -2.32. The zero-order valence-corrected chi connectivity index (χ0v) is 8.80. The van der Waals surface area contributed by atoms with Gasteiger partial charge in [0.15, 0.2) is 0 Å². The molecule has 0 aromatic rings. The number of amides is 1. The van der Waals surface area contributed by atoms with Gasteiger partial charge in [-0.1, -0.05) is 19.3 Å². The first-order valence-corrected chi connectivity index (χ1v) is 5.73. The van der Waals surface area contributed by atoms with Crippen LogP contribution in [0, 0.1) is 5.92 Å². The van der Waals surface area contributed by atoms with Gasteiger partial charge in [0, 0.05) is 19.1 Å². The quantitative estimate of drug-likeness (QED) is 0.658. The van der Waals surface area contributed by atoms with Crippen molar-refractivity contribution in [1.82, 2.24) is 5.32 Å². The van der Waals surface area contributed by atoms with E-state index in [4.69, 9.17) is 5.11 Å². The molecule has 0 spiro atoms. The Labute approximate surface area is 85.9 Å². The SMILES string of the molecule is O=C(NCCCCO)C1CCCCC1. The van der Waals surface area contributed by atoms with Gasteiger partial charge in [-0.2, -0.15) is 0 Å². The van der Waals surface area contributed by atoms with Crippen molar-refractivity contribution < 1.29 is 9.90 Å². The summed E-state index contributed by atoms with van der Waals surface area (Å²) in [5.74, 6) is 0.487. The highest BCUT2D eigenvalue weighted by molar-refractivity contribution is 5.78. The molecule has 0 heterocycles. The van der Waals surface area contributed by atoms with Crippen LogP contribution in [0.3, 0.4) is 0 Å². The number of aliphatic hydroxyl groups excluding tert-OH is 1. The van der Waals surface area contributed by atoms with E-state index >= 15 is 0 Å². The molecule has 82 valence electrons. The van der Waals surface area contributed by atoms with Crippen LogP contribution in [0.5, 0.6) is 0 Å². The van der Waals surface area contributed by atoms with Crippen LogP contribution in [0.25, 0.3) is 0 Å². The Morgan fingerprint density at radius 1 is 1.21 bits per heavy atom. The van der Waals surface area contributed by atoms with Crippen molar-refractivity contribution in [2.45, 2.75) is 44.9 Å². The molecule has 0 saturated heterocycles. The number of hydrogen-bond donors (Lipinski definition) is 2. The molecule has 0 bridgehead atoms. The number of hydrogen-bond acceptors (Lipinski definition) is 2. The van der Waals surface area contributed by atoms with Crippen LogP contribution in [0.15, 0.2) is 0 Å². The first kappa shape index (κ1) is 11.5. The van der Waals surface area contributed by atoms with Crippen LogP contribution in [0.1, 0.15) is 44.9 Å². The highest BCUT2D eigenvalue weighted by atomic mass is 16.2. The molecular formula is C11H21NO2. The molecule has 14 heavy (non-hydrogen) atoms. The minimum Gasteiger partial charge on any atom is -0.396 e. The largest absolute Gasteiger partial charge is 0.396 e. The lowest BCUT2D eigenvalue weighted by molar-refractivity contribution is -0.125. The Balaban J connectivity index is 2.07. The van der Waals surface area contributed by atoms with Gasteiger partial charge in [-0.25, -0.2) is 0 Å². The maximum atomic E-state index is 11.6. The Kier molecular flexibility index (Phi) is 5.60. The first-order chi connectivity index (χ1) is 6.84. The molecule has 1 fully saturated rings. The third-order valence-electron chi connectivity index (χ3n) is 2.86. The Morgan fingerprint density at radius 3 is 2.57 bits per heavy atom. The number of carbonyl (C=O) groups is 1. The van der Waals surface area contributed by atoms with Crippen molar-refractivity contribution in [3.05, 3.63) is 0 Å². The molecule has 2 N–H and O–H groups in total. The lowest BCUT2D eigenvalue weighted by atomic mass is 9.89. The second-order valence-corrected chi connectivity index (χ2v) is 4.06. The fraction of sp³-hybridized carbons (Fsp3) is 0.909. The summed E-state index contributed by atoms with van der Waals surface area (Å²) >= 11 is 0. The number of nitrogens with one attached hydrogen (secondary N) is 1. The van der Waals surface area contributed by atoms with E-state index in [1.165, 1.54) is 19.3 Å². The van der Waals surface area contributed by atoms with Gasteiger partial charge in [0.25, 0.3) is 0 Å². The van der Waals surface area contributed by atoms with Crippen LogP contribution in [-0.2, 0) is 4.79 Å². The summed E-state index contributed by atoms with van der Waals surface area (Å²) in [5.41, 5.74) is 0. The Bertz CT molecular complexity index is 165. The fourth-order valence-corrected chi connectivity index (χ4v) is 1.96. The summed E-state index contributed by atoms with van der Waals surface area (Å²) in [6.45, 7) is 0.940. The molecule has 0 aromatic carbocycles. The molecule has 0 aromatic heterocycles. The topological polar surface area (TPSA) is 49.3 Å². The second kappa shape index (κ2) is 6.82. The van der Waals surface area contributed by atoms with Gasteiger partial charge in [-0.15, -0.1) is 0 Å². The summed E-state index contributed by atoms with van der Waals surface area (Å²) in [7, 11) is 0. The summed E-state index contributed by atoms with van der Waals surface area (Å²) in [4.78, 5) is 11.6. The zero-order valence-electron chi connectivity index (χ0n) is 8.80. The molecule has 3 heteroatoms. The molecule has 0 atom stereocenters. The van der Waals surface area contributed by atoms with E-state index in [0.717, 1.165) is 32.2 Å². The molecule has 3 nitrogen and oxygen atoms in total. The average Bonchev–Trinajstić information content (AvgIpc) is 2.25. The molecule has 0 aliphatic heterocycles. The van der Waals surface area contributed by atoms with Crippen LogP contribution >= 0.6 is 0 Å². The van der Waals surface area contributed by atoms with Gasteiger partial charge in [0.05, 0.1) is 0 Å². The third kappa shape index (κ3) is 4.09. The van der Waals surface area contributed by atoms with E-state index in [1.807, 2.05) is 0 Å². The van der Waals surface area contributed by atoms with Crippen molar-refractivity contribution in [3.63, 3.8) is 0 Å². The van der Waals surface area contributed by atoms with Crippen molar-refractivity contribution in [3.8, 4) is 0 Å².